The third kappa shape index (κ3) is 5.08. The number of alkyl halides is 3. The summed E-state index contributed by atoms with van der Waals surface area (Å²) in [6.45, 7) is 1.17. The molecule has 0 amide bonds. The highest BCUT2D eigenvalue weighted by atomic mass is 19.4. The first-order chi connectivity index (χ1) is 9.23. The Labute approximate surface area is 114 Å². The summed E-state index contributed by atoms with van der Waals surface area (Å²) in [5.74, 6) is -0.580. The van der Waals surface area contributed by atoms with Gasteiger partial charge in [0.1, 0.15) is 17.9 Å². The van der Waals surface area contributed by atoms with Gasteiger partial charge >= 0.3 is 12.1 Å². The van der Waals surface area contributed by atoms with E-state index in [1.54, 1.807) is 13.0 Å². The number of aliphatic hydroxyl groups is 1. The number of hydrogen-bond acceptors (Lipinski definition) is 4. The maximum absolute atomic E-state index is 12.1. The number of carbonyl (C=O) groups is 1. The van der Waals surface area contributed by atoms with E-state index in [2.05, 4.69) is 4.74 Å². The minimum atomic E-state index is -4.47. The molecule has 0 saturated carbocycles. The first-order valence-electron chi connectivity index (χ1n) is 5.79. The number of ether oxygens (including phenoxy) is 2. The van der Waals surface area contributed by atoms with Gasteiger partial charge in [-0.2, -0.15) is 13.2 Å². The average molecular weight is 292 g/mol. The van der Waals surface area contributed by atoms with Gasteiger partial charge in [0, 0.05) is 0 Å². The molecule has 0 spiro atoms. The third-order valence-electron chi connectivity index (χ3n) is 2.44. The van der Waals surface area contributed by atoms with Crippen LogP contribution in [0.15, 0.2) is 18.2 Å². The molecule has 1 rings (SSSR count). The van der Waals surface area contributed by atoms with E-state index >= 15 is 0 Å². The van der Waals surface area contributed by atoms with Gasteiger partial charge in [-0.1, -0.05) is 6.07 Å². The number of aryl methyl sites for hydroxylation is 1. The van der Waals surface area contributed by atoms with Gasteiger partial charge in [0.05, 0.1) is 19.6 Å². The molecule has 0 bridgehead atoms. The molecule has 1 aromatic rings. The molecule has 0 aliphatic rings. The smallest absolute Gasteiger partial charge is 0.391 e. The summed E-state index contributed by atoms with van der Waals surface area (Å²) in [5, 5.41) is 9.24. The highest BCUT2D eigenvalue weighted by molar-refractivity contribution is 5.92. The van der Waals surface area contributed by atoms with Crippen LogP contribution in [0.5, 0.6) is 5.75 Å². The van der Waals surface area contributed by atoms with Crippen molar-refractivity contribution in [3.8, 4) is 5.75 Å². The zero-order valence-corrected chi connectivity index (χ0v) is 11.0. The molecule has 0 aliphatic carbocycles. The normalized spacial score (nSPS) is 12.9. The van der Waals surface area contributed by atoms with Crippen molar-refractivity contribution in [2.45, 2.75) is 25.6 Å². The molecule has 0 heterocycles. The summed E-state index contributed by atoms with van der Waals surface area (Å²) >= 11 is 0. The van der Waals surface area contributed by atoms with E-state index in [4.69, 9.17) is 4.74 Å². The van der Waals surface area contributed by atoms with Gasteiger partial charge in [0.2, 0.25) is 0 Å². The van der Waals surface area contributed by atoms with Crippen molar-refractivity contribution in [3.05, 3.63) is 29.3 Å². The van der Waals surface area contributed by atoms with Crippen molar-refractivity contribution in [3.63, 3.8) is 0 Å². The Balaban J connectivity index is 2.76. The maximum Gasteiger partial charge on any atom is 0.391 e. The summed E-state index contributed by atoms with van der Waals surface area (Å²) in [6, 6.07) is 4.59. The van der Waals surface area contributed by atoms with Crippen LogP contribution in [0, 0.1) is 6.92 Å². The fraction of sp³-hybridized carbons (Fsp3) is 0.462. The third-order valence-corrected chi connectivity index (χ3v) is 2.44. The van der Waals surface area contributed by atoms with Gasteiger partial charge in [-0.05, 0) is 24.6 Å². The molecular weight excluding hydrogens is 277 g/mol. The Hall–Kier alpha value is -1.76. The van der Waals surface area contributed by atoms with Crippen molar-refractivity contribution in [2.75, 3.05) is 13.7 Å². The molecule has 1 atom stereocenters. The molecule has 1 unspecified atom stereocenters. The first kappa shape index (κ1) is 16.3. The van der Waals surface area contributed by atoms with Crippen LogP contribution in [0.2, 0.25) is 0 Å². The van der Waals surface area contributed by atoms with Crippen LogP contribution in [0.4, 0.5) is 13.2 Å². The fourth-order valence-corrected chi connectivity index (χ4v) is 1.54. The summed E-state index contributed by atoms with van der Waals surface area (Å²) in [5.41, 5.74) is 0.857. The lowest BCUT2D eigenvalue weighted by Gasteiger charge is -2.16. The number of methoxy groups -OCH3 is 1. The van der Waals surface area contributed by atoms with Crippen molar-refractivity contribution >= 4 is 5.97 Å². The second kappa shape index (κ2) is 6.60. The van der Waals surface area contributed by atoms with E-state index in [9.17, 15) is 23.1 Å². The second-order valence-corrected chi connectivity index (χ2v) is 4.28. The van der Waals surface area contributed by atoms with Gasteiger partial charge in [-0.3, -0.25) is 0 Å². The molecule has 4 nitrogen and oxygen atoms in total. The number of aliphatic hydroxyl groups excluding tert-OH is 1. The summed E-state index contributed by atoms with van der Waals surface area (Å²) < 4.78 is 45.8. The molecule has 0 aliphatic heterocycles. The molecule has 0 saturated heterocycles. The van der Waals surface area contributed by atoms with Crippen molar-refractivity contribution in [1.82, 2.24) is 0 Å². The second-order valence-electron chi connectivity index (χ2n) is 4.28. The monoisotopic (exact) mass is 292 g/mol. The number of carbonyl (C=O) groups excluding carboxylic acids is 1. The maximum atomic E-state index is 12.1. The molecule has 7 heteroatoms. The molecular formula is C13H15F3O4. The van der Waals surface area contributed by atoms with Crippen molar-refractivity contribution in [2.24, 2.45) is 0 Å². The Morgan fingerprint density at radius 3 is 2.60 bits per heavy atom. The van der Waals surface area contributed by atoms with Crippen LogP contribution in [-0.4, -0.2) is 37.1 Å². The number of esters is 1. The predicted octanol–water partition coefficient (Wildman–Crippen LogP) is 2.47. The van der Waals surface area contributed by atoms with E-state index in [0.29, 0.717) is 0 Å². The predicted molar refractivity (Wildman–Crippen MR) is 64.7 cm³/mol. The van der Waals surface area contributed by atoms with E-state index in [1.807, 2.05) is 0 Å². The van der Waals surface area contributed by atoms with E-state index in [0.717, 1.165) is 5.56 Å². The topological polar surface area (TPSA) is 55.8 Å². The number of rotatable bonds is 5. The van der Waals surface area contributed by atoms with Gasteiger partial charge in [-0.15, -0.1) is 0 Å². The zero-order valence-electron chi connectivity index (χ0n) is 11.0. The van der Waals surface area contributed by atoms with Crippen molar-refractivity contribution < 1.29 is 32.5 Å². The SMILES string of the molecule is COC(=O)c1ccc(C)cc1OCC(O)CC(F)(F)F. The van der Waals surface area contributed by atoms with Gasteiger partial charge in [-0.25, -0.2) is 4.79 Å². The van der Waals surface area contributed by atoms with Crippen LogP contribution in [0.1, 0.15) is 22.3 Å². The van der Waals surface area contributed by atoms with Crippen molar-refractivity contribution in [1.29, 1.82) is 0 Å². The average Bonchev–Trinajstić information content (AvgIpc) is 2.33. The lowest BCUT2D eigenvalue weighted by Crippen LogP contribution is -2.25. The molecule has 1 N–H and O–H groups in total. The molecule has 1 aromatic carbocycles. The lowest BCUT2D eigenvalue weighted by atomic mass is 10.1. The Kier molecular flexibility index (Phi) is 5.38. The molecule has 0 radical (unpaired) electrons. The van der Waals surface area contributed by atoms with E-state index < -0.39 is 31.3 Å². The Bertz CT molecular complexity index is 471. The standard InChI is InChI=1S/C13H15F3O4/c1-8-3-4-10(12(18)19-2)11(5-8)20-7-9(17)6-13(14,15)16/h3-5,9,17H,6-7H2,1-2H3. The molecule has 20 heavy (non-hydrogen) atoms. The number of benzene rings is 1. The summed E-state index contributed by atoms with van der Waals surface area (Å²) in [6.07, 6.45) is -7.53. The van der Waals surface area contributed by atoms with Crippen LogP contribution in [-0.2, 0) is 4.74 Å². The minimum absolute atomic E-state index is 0.0816. The first-order valence-corrected chi connectivity index (χ1v) is 5.79. The van der Waals surface area contributed by atoms with E-state index in [1.165, 1.54) is 19.2 Å². The van der Waals surface area contributed by atoms with Gasteiger partial charge in [0.15, 0.2) is 0 Å². The van der Waals surface area contributed by atoms with Crippen LogP contribution in [0.25, 0.3) is 0 Å². The van der Waals surface area contributed by atoms with Crippen LogP contribution < -0.4 is 4.74 Å². The number of halogens is 3. The molecule has 112 valence electrons. The summed E-state index contributed by atoms with van der Waals surface area (Å²) in [4.78, 5) is 11.5. The summed E-state index contributed by atoms with van der Waals surface area (Å²) in [7, 11) is 1.18. The number of hydrogen-bond donors (Lipinski definition) is 1. The van der Waals surface area contributed by atoms with Gasteiger partial charge in [0.25, 0.3) is 0 Å². The Morgan fingerprint density at radius 2 is 2.05 bits per heavy atom. The van der Waals surface area contributed by atoms with Crippen LogP contribution in [0.3, 0.4) is 0 Å². The zero-order chi connectivity index (χ0) is 15.3. The van der Waals surface area contributed by atoms with Crippen LogP contribution >= 0.6 is 0 Å². The Morgan fingerprint density at radius 1 is 1.40 bits per heavy atom. The van der Waals surface area contributed by atoms with Gasteiger partial charge < -0.3 is 14.6 Å². The highest BCUT2D eigenvalue weighted by Gasteiger charge is 2.31. The lowest BCUT2D eigenvalue weighted by molar-refractivity contribution is -0.156. The quantitative estimate of drug-likeness (QED) is 0.847. The minimum Gasteiger partial charge on any atom is -0.490 e. The largest absolute Gasteiger partial charge is 0.490 e. The molecule has 0 aromatic heterocycles. The fourth-order valence-electron chi connectivity index (χ4n) is 1.54. The van der Waals surface area contributed by atoms with E-state index in [-0.39, 0.29) is 11.3 Å². The highest BCUT2D eigenvalue weighted by Crippen LogP contribution is 2.24. The molecule has 0 fully saturated rings.